The van der Waals surface area contributed by atoms with Gasteiger partial charge < -0.3 is 29.0 Å². The summed E-state index contributed by atoms with van der Waals surface area (Å²) in [6.07, 6.45) is 7.37. The molecule has 4 heterocycles. The molecule has 3 saturated heterocycles. The number of carbonyl (C=O) groups excluding carboxylic acids is 1. The molecule has 0 aliphatic carbocycles. The van der Waals surface area contributed by atoms with E-state index in [2.05, 4.69) is 44.9 Å². The number of fused-ring (bicyclic) bond motifs is 3. The molecular formula is C34H47N3O6S. The van der Waals surface area contributed by atoms with Gasteiger partial charge in [-0.1, -0.05) is 30.3 Å². The van der Waals surface area contributed by atoms with E-state index in [-0.39, 0.29) is 30.4 Å². The van der Waals surface area contributed by atoms with Gasteiger partial charge in [0.25, 0.3) is 0 Å². The molecule has 9 nitrogen and oxygen atoms in total. The first-order chi connectivity index (χ1) is 21.6. The van der Waals surface area contributed by atoms with Gasteiger partial charge >= 0.3 is 6.09 Å². The van der Waals surface area contributed by atoms with Gasteiger partial charge in [-0.15, -0.1) is 0 Å². The van der Waals surface area contributed by atoms with Gasteiger partial charge in [-0.2, -0.15) is 0 Å². The van der Waals surface area contributed by atoms with E-state index in [1.165, 1.54) is 37.8 Å². The average molecular weight is 626 g/mol. The fraction of sp³-hybridized carbons (Fsp3) is 0.618. The molecule has 2 aromatic carbocycles. The van der Waals surface area contributed by atoms with Crippen molar-refractivity contribution in [1.82, 2.24) is 14.5 Å². The van der Waals surface area contributed by atoms with Crippen molar-refractivity contribution in [2.24, 2.45) is 5.92 Å². The van der Waals surface area contributed by atoms with Crippen LogP contribution in [-0.4, -0.2) is 92.9 Å². The molecule has 44 heavy (non-hydrogen) atoms. The van der Waals surface area contributed by atoms with E-state index in [9.17, 15) is 4.79 Å². The zero-order valence-corrected chi connectivity index (χ0v) is 26.7. The standard InChI is InChI=1S/C34H47N3O6S/c1-39-28-12-13-32-30(22-28)40-19-7-3-6-16-36-17-8-11-27(36)23-37(44-32)18-14-26(21-25-9-4-2-5-10-25)35-34(38)43-31-24-42-33-29(31)15-20-41-33/h2,4-5,9-10,12-13,22,26-27,29,31,33H,3,6-8,11,14-21,23-24H2,1H3,(H,35,38)/t26-,27-,29+,31+,33-/m1/s1. The van der Waals surface area contributed by atoms with E-state index in [0.717, 1.165) is 61.7 Å². The Morgan fingerprint density at radius 2 is 1.93 bits per heavy atom. The number of nitrogens with one attached hydrogen (secondary N) is 1. The summed E-state index contributed by atoms with van der Waals surface area (Å²) in [4.78, 5) is 17.0. The Hall–Kier alpha value is -2.50. The van der Waals surface area contributed by atoms with Gasteiger partial charge in [-0.05, 0) is 94.1 Å². The Kier molecular flexibility index (Phi) is 11.2. The van der Waals surface area contributed by atoms with Crippen LogP contribution in [0.1, 0.15) is 50.5 Å². The molecule has 2 aromatic rings. The normalized spacial score (nSPS) is 27.0. The highest BCUT2D eigenvalue weighted by Crippen LogP contribution is 2.37. The third-order valence-electron chi connectivity index (χ3n) is 9.26. The minimum Gasteiger partial charge on any atom is -0.497 e. The van der Waals surface area contributed by atoms with Crippen LogP contribution in [-0.2, 0) is 20.6 Å². The summed E-state index contributed by atoms with van der Waals surface area (Å²) in [6, 6.07) is 16.9. The third kappa shape index (κ3) is 8.40. The highest BCUT2D eigenvalue weighted by atomic mass is 32.2. The third-order valence-corrected chi connectivity index (χ3v) is 10.4. The van der Waals surface area contributed by atoms with E-state index in [4.69, 9.17) is 23.7 Å². The molecule has 0 saturated carbocycles. The van der Waals surface area contributed by atoms with Crippen molar-refractivity contribution in [1.29, 1.82) is 0 Å². The molecule has 0 unspecified atom stereocenters. The molecule has 0 spiro atoms. The molecule has 240 valence electrons. The number of alkyl carbamates (subject to hydrolysis) is 1. The van der Waals surface area contributed by atoms with Crippen molar-refractivity contribution in [3.8, 4) is 11.5 Å². The van der Waals surface area contributed by atoms with Gasteiger partial charge in [-0.25, -0.2) is 9.10 Å². The Balaban J connectivity index is 1.17. The van der Waals surface area contributed by atoms with Crippen LogP contribution in [0, 0.1) is 5.92 Å². The van der Waals surface area contributed by atoms with Crippen LogP contribution in [0.5, 0.6) is 11.5 Å². The van der Waals surface area contributed by atoms with Crippen LogP contribution < -0.4 is 14.8 Å². The van der Waals surface area contributed by atoms with E-state index in [0.29, 0.717) is 25.9 Å². The van der Waals surface area contributed by atoms with E-state index in [1.54, 1.807) is 19.1 Å². The lowest BCUT2D eigenvalue weighted by molar-refractivity contribution is -0.0907. The maximum Gasteiger partial charge on any atom is 0.407 e. The Morgan fingerprint density at radius 1 is 1.05 bits per heavy atom. The lowest BCUT2D eigenvalue weighted by atomic mass is 10.0. The van der Waals surface area contributed by atoms with Crippen LogP contribution in [0.4, 0.5) is 4.79 Å². The zero-order valence-electron chi connectivity index (χ0n) is 25.9. The fourth-order valence-corrected chi connectivity index (χ4v) is 7.89. The average Bonchev–Trinajstić information content (AvgIpc) is 3.77. The molecule has 6 rings (SSSR count). The lowest BCUT2D eigenvalue weighted by Crippen LogP contribution is -2.43. The lowest BCUT2D eigenvalue weighted by Gasteiger charge is -2.31. The van der Waals surface area contributed by atoms with Crippen molar-refractivity contribution in [3.63, 3.8) is 0 Å². The number of hydrogen-bond donors (Lipinski definition) is 1. The Labute approximate surface area is 266 Å². The first kappa shape index (κ1) is 31.5. The number of benzene rings is 2. The summed E-state index contributed by atoms with van der Waals surface area (Å²) in [5, 5.41) is 3.22. The second-order valence-electron chi connectivity index (χ2n) is 12.3. The maximum absolute atomic E-state index is 13.2. The first-order valence-corrected chi connectivity index (χ1v) is 17.1. The van der Waals surface area contributed by atoms with Crippen molar-refractivity contribution in [2.75, 3.05) is 53.1 Å². The SMILES string of the molecule is COc1ccc2c(c1)OCCCCCN1CCC[C@@H]1CN(CC[C@H](Cc1ccccc1)NC(=O)O[C@H]1CO[C@H]3OCC[C@H]31)S2. The van der Waals surface area contributed by atoms with Gasteiger partial charge in [0, 0.05) is 31.2 Å². The molecular weight excluding hydrogens is 578 g/mol. The molecule has 1 amide bonds. The fourth-order valence-electron chi connectivity index (χ4n) is 6.83. The Bertz CT molecular complexity index is 1200. The summed E-state index contributed by atoms with van der Waals surface area (Å²) in [5.41, 5.74) is 1.19. The van der Waals surface area contributed by atoms with Crippen LogP contribution in [0.2, 0.25) is 0 Å². The van der Waals surface area contributed by atoms with Gasteiger partial charge in [-0.3, -0.25) is 4.90 Å². The first-order valence-electron chi connectivity index (χ1n) is 16.4. The number of amides is 1. The summed E-state index contributed by atoms with van der Waals surface area (Å²) >= 11 is 1.76. The van der Waals surface area contributed by atoms with E-state index < -0.39 is 0 Å². The second kappa shape index (κ2) is 15.7. The highest BCUT2D eigenvalue weighted by molar-refractivity contribution is 7.97. The van der Waals surface area contributed by atoms with Crippen molar-refractivity contribution >= 4 is 18.0 Å². The summed E-state index contributed by atoms with van der Waals surface area (Å²) < 4.78 is 31.5. The minimum absolute atomic E-state index is 0.0840. The van der Waals surface area contributed by atoms with Crippen LogP contribution >= 0.6 is 11.9 Å². The van der Waals surface area contributed by atoms with Gasteiger partial charge in [0.1, 0.15) is 17.6 Å². The van der Waals surface area contributed by atoms with E-state index in [1.807, 2.05) is 18.2 Å². The summed E-state index contributed by atoms with van der Waals surface area (Å²) in [6.45, 7) is 5.83. The van der Waals surface area contributed by atoms with Gasteiger partial charge in [0.2, 0.25) is 0 Å². The van der Waals surface area contributed by atoms with Crippen LogP contribution in [0.15, 0.2) is 53.4 Å². The topological polar surface area (TPSA) is 81.7 Å². The van der Waals surface area contributed by atoms with Gasteiger partial charge in [0.05, 0.1) is 37.7 Å². The van der Waals surface area contributed by atoms with Crippen molar-refractivity contribution in [3.05, 3.63) is 54.1 Å². The molecule has 0 radical (unpaired) electrons. The van der Waals surface area contributed by atoms with Crippen LogP contribution in [0.3, 0.4) is 0 Å². The van der Waals surface area contributed by atoms with Crippen molar-refractivity contribution in [2.45, 2.75) is 80.7 Å². The molecule has 3 fully saturated rings. The number of methoxy groups -OCH3 is 1. The predicted molar refractivity (Wildman–Crippen MR) is 170 cm³/mol. The number of ether oxygens (including phenoxy) is 5. The molecule has 0 aromatic heterocycles. The quantitative estimate of drug-likeness (QED) is 0.382. The molecule has 0 bridgehead atoms. The predicted octanol–water partition coefficient (Wildman–Crippen LogP) is 5.52. The summed E-state index contributed by atoms with van der Waals surface area (Å²) in [5.74, 6) is 1.79. The largest absolute Gasteiger partial charge is 0.497 e. The zero-order chi connectivity index (χ0) is 30.1. The number of nitrogens with zero attached hydrogens (tertiary/aromatic N) is 2. The minimum atomic E-state index is -0.377. The summed E-state index contributed by atoms with van der Waals surface area (Å²) in [7, 11) is 1.69. The monoisotopic (exact) mass is 625 g/mol. The molecule has 4 aliphatic heterocycles. The van der Waals surface area contributed by atoms with E-state index >= 15 is 0 Å². The smallest absolute Gasteiger partial charge is 0.407 e. The Morgan fingerprint density at radius 3 is 2.82 bits per heavy atom. The second-order valence-corrected chi connectivity index (χ2v) is 13.5. The molecule has 4 aliphatic rings. The molecule has 10 heteroatoms. The van der Waals surface area contributed by atoms with Crippen molar-refractivity contribution < 1.29 is 28.5 Å². The number of carbonyl (C=O) groups is 1. The number of hydrogen-bond acceptors (Lipinski definition) is 9. The highest BCUT2D eigenvalue weighted by Gasteiger charge is 2.44. The maximum atomic E-state index is 13.2. The van der Waals surface area contributed by atoms with Gasteiger partial charge in [0.15, 0.2) is 6.29 Å². The molecule has 1 N–H and O–H groups in total. The molecule has 5 atom stereocenters. The van der Waals surface area contributed by atoms with Crippen LogP contribution in [0.25, 0.3) is 0 Å². The number of rotatable bonds is 8.